The second-order valence-corrected chi connectivity index (χ2v) is 11.7. The van der Waals surface area contributed by atoms with E-state index in [9.17, 15) is 19.1 Å². The van der Waals surface area contributed by atoms with Gasteiger partial charge in [0, 0.05) is 49.0 Å². The summed E-state index contributed by atoms with van der Waals surface area (Å²) < 4.78 is 25.4. The van der Waals surface area contributed by atoms with Gasteiger partial charge in [-0.1, -0.05) is 32.8 Å². The smallest absolute Gasteiger partial charge is 0.308 e. The number of ether oxygens (including phenoxy) is 2. The van der Waals surface area contributed by atoms with E-state index in [1.165, 1.54) is 6.07 Å². The number of aryl methyl sites for hydroxylation is 2. The molecular weight excluding hydrogens is 563 g/mol. The molecule has 0 aliphatic carbocycles. The van der Waals surface area contributed by atoms with Gasteiger partial charge in [-0.15, -0.1) is 0 Å². The average molecular weight is 605 g/mol. The number of hydrogen-bond acceptors (Lipinski definition) is 7. The molecular formula is C34H41FN4O5. The average Bonchev–Trinajstić information content (AvgIpc) is 3.63. The minimum Gasteiger partial charge on any atom is -0.481 e. The normalized spacial score (nSPS) is 19.4. The number of hydrogen-bond donors (Lipinski definition) is 1. The molecule has 3 aromatic rings. The van der Waals surface area contributed by atoms with Crippen LogP contribution in [-0.2, 0) is 16.0 Å². The van der Waals surface area contributed by atoms with E-state index < -0.39 is 17.9 Å². The second-order valence-electron chi connectivity index (χ2n) is 11.7. The molecule has 0 bridgehead atoms. The number of fused-ring (bicyclic) bond motifs is 1. The highest BCUT2D eigenvalue weighted by atomic mass is 19.1. The number of likely N-dealkylation sites (tertiary alicyclic amines) is 1. The van der Waals surface area contributed by atoms with Gasteiger partial charge in [-0.2, -0.15) is 0 Å². The van der Waals surface area contributed by atoms with Crippen LogP contribution in [0.5, 0.6) is 11.5 Å². The summed E-state index contributed by atoms with van der Waals surface area (Å²) in [4.78, 5) is 39.8. The second kappa shape index (κ2) is 14.2. The molecule has 1 aromatic heterocycles. The first-order valence-corrected chi connectivity index (χ1v) is 15.5. The van der Waals surface area contributed by atoms with Crippen molar-refractivity contribution in [3.05, 3.63) is 77.6 Å². The summed E-state index contributed by atoms with van der Waals surface area (Å²) in [6, 6.07) is 11.6. The Hall–Kier alpha value is -4.05. The molecule has 2 aromatic carbocycles. The van der Waals surface area contributed by atoms with Crippen LogP contribution >= 0.6 is 0 Å². The van der Waals surface area contributed by atoms with Gasteiger partial charge in [0.25, 0.3) is 0 Å². The number of anilines is 1. The molecule has 1 fully saturated rings. The van der Waals surface area contributed by atoms with Crippen molar-refractivity contribution in [3.63, 3.8) is 0 Å². The van der Waals surface area contributed by atoms with Gasteiger partial charge in [-0.25, -0.2) is 14.4 Å². The number of rotatable bonds is 13. The molecule has 44 heavy (non-hydrogen) atoms. The molecule has 3 atom stereocenters. The summed E-state index contributed by atoms with van der Waals surface area (Å²) >= 11 is 0. The zero-order valence-corrected chi connectivity index (χ0v) is 25.6. The molecule has 1 N–H and O–H groups in total. The maximum Gasteiger partial charge on any atom is 0.308 e. The zero-order valence-electron chi connectivity index (χ0n) is 25.6. The molecule has 0 spiro atoms. The maximum absolute atomic E-state index is 14.4. The maximum atomic E-state index is 14.4. The number of carboxylic acids is 1. The lowest BCUT2D eigenvalue weighted by molar-refractivity contribution is -0.143. The number of benzene rings is 2. The zero-order chi connectivity index (χ0) is 31.2. The minimum atomic E-state index is -0.914. The van der Waals surface area contributed by atoms with Crippen LogP contribution in [0, 0.1) is 18.7 Å². The molecule has 5 rings (SSSR count). The Bertz CT molecular complexity index is 1450. The van der Waals surface area contributed by atoms with Crippen LogP contribution in [0.4, 0.5) is 10.1 Å². The molecule has 2 aliphatic rings. The first-order chi connectivity index (χ1) is 21.3. The van der Waals surface area contributed by atoms with Crippen molar-refractivity contribution in [3.8, 4) is 11.5 Å². The van der Waals surface area contributed by atoms with Crippen LogP contribution < -0.4 is 14.4 Å². The van der Waals surface area contributed by atoms with Gasteiger partial charge >= 0.3 is 5.97 Å². The molecule has 10 heteroatoms. The third-order valence-corrected chi connectivity index (χ3v) is 8.78. The van der Waals surface area contributed by atoms with Crippen molar-refractivity contribution in [2.75, 3.05) is 24.8 Å². The summed E-state index contributed by atoms with van der Waals surface area (Å²) in [6.45, 7) is 6.43. The van der Waals surface area contributed by atoms with Crippen LogP contribution in [0.15, 0.2) is 54.9 Å². The van der Waals surface area contributed by atoms with Crippen LogP contribution in [0.2, 0.25) is 0 Å². The van der Waals surface area contributed by atoms with Gasteiger partial charge in [-0.3, -0.25) is 14.5 Å². The van der Waals surface area contributed by atoms with E-state index in [0.717, 1.165) is 31.2 Å². The molecule has 0 saturated carbocycles. The Kier molecular flexibility index (Phi) is 10.1. The quantitative estimate of drug-likeness (QED) is 0.263. The fourth-order valence-corrected chi connectivity index (χ4v) is 6.73. The third kappa shape index (κ3) is 6.85. The lowest BCUT2D eigenvalue weighted by Crippen LogP contribution is -2.48. The van der Waals surface area contributed by atoms with E-state index in [1.807, 2.05) is 28.0 Å². The first kappa shape index (κ1) is 31.4. The van der Waals surface area contributed by atoms with Gasteiger partial charge in [-0.05, 0) is 73.7 Å². The Labute approximate surface area is 258 Å². The van der Waals surface area contributed by atoms with Crippen LogP contribution in [0.25, 0.3) is 0 Å². The Morgan fingerprint density at radius 2 is 1.80 bits per heavy atom. The number of carboxylic acid groups (broad SMARTS) is 1. The molecule has 0 unspecified atom stereocenters. The highest BCUT2D eigenvalue weighted by Gasteiger charge is 2.47. The molecule has 0 radical (unpaired) electrons. The fourth-order valence-electron chi connectivity index (χ4n) is 6.73. The van der Waals surface area contributed by atoms with E-state index in [4.69, 9.17) is 9.47 Å². The number of nitrogens with zero attached hydrogens (tertiary/aromatic N) is 4. The standard InChI is InChI=1S/C34H41FN4O5/c1-4-7-24(8-5-2)39(25-10-11-27(35)22(3)17-25)32(40)20-38-19-26(23-9-13-29-30(18-23)44-21-43-29)33(34(41)42)28(38)12-14-31-36-15-6-16-37-31/h6,9-11,13,15-18,24,26,28,33H,4-5,7-8,12,14,19-21H2,1-3H3,(H,41,42)/t26-,28+,33-/m1/s1. The topological polar surface area (TPSA) is 105 Å². The lowest BCUT2D eigenvalue weighted by atomic mass is 9.83. The molecule has 9 nitrogen and oxygen atoms in total. The number of halogens is 1. The van der Waals surface area contributed by atoms with E-state index in [0.29, 0.717) is 48.0 Å². The lowest BCUT2D eigenvalue weighted by Gasteiger charge is -2.35. The number of aromatic nitrogens is 2. The summed E-state index contributed by atoms with van der Waals surface area (Å²) in [5.41, 5.74) is 1.97. The molecule has 234 valence electrons. The first-order valence-electron chi connectivity index (χ1n) is 15.5. The van der Waals surface area contributed by atoms with Crippen molar-refractivity contribution < 1.29 is 28.6 Å². The van der Waals surface area contributed by atoms with E-state index >= 15 is 0 Å². The van der Waals surface area contributed by atoms with Crippen LogP contribution in [0.3, 0.4) is 0 Å². The third-order valence-electron chi connectivity index (χ3n) is 8.78. The summed E-state index contributed by atoms with van der Waals surface area (Å²) in [5, 5.41) is 10.6. The van der Waals surface area contributed by atoms with E-state index in [-0.39, 0.29) is 37.0 Å². The van der Waals surface area contributed by atoms with Gasteiger partial charge < -0.3 is 19.5 Å². The minimum absolute atomic E-state index is 0.0332. The number of carbonyl (C=O) groups is 2. The predicted octanol–water partition coefficient (Wildman–Crippen LogP) is 5.76. The fraction of sp³-hybridized carbons (Fsp3) is 0.471. The number of amides is 1. The molecule has 1 saturated heterocycles. The van der Waals surface area contributed by atoms with Crippen LogP contribution in [-0.4, -0.2) is 63.8 Å². The Morgan fingerprint density at radius 1 is 1.07 bits per heavy atom. The highest BCUT2D eigenvalue weighted by molar-refractivity contribution is 5.95. The SMILES string of the molecule is CCCC(CCC)N(C(=O)CN1C[C@H](c2ccc3c(c2)OCO3)[C@@H](C(=O)O)[C@@H]1CCc1ncccn1)c1ccc(F)c(C)c1. The highest BCUT2D eigenvalue weighted by Crippen LogP contribution is 2.43. The van der Waals surface area contributed by atoms with Gasteiger partial charge in [0.1, 0.15) is 11.6 Å². The van der Waals surface area contributed by atoms with E-state index in [1.54, 1.807) is 37.5 Å². The monoisotopic (exact) mass is 604 g/mol. The van der Waals surface area contributed by atoms with Gasteiger partial charge in [0.05, 0.1) is 12.5 Å². The Morgan fingerprint density at radius 3 is 2.48 bits per heavy atom. The van der Waals surface area contributed by atoms with Crippen molar-refractivity contribution in [1.29, 1.82) is 0 Å². The van der Waals surface area contributed by atoms with Gasteiger partial charge in [0.15, 0.2) is 11.5 Å². The predicted molar refractivity (Wildman–Crippen MR) is 164 cm³/mol. The van der Waals surface area contributed by atoms with E-state index in [2.05, 4.69) is 23.8 Å². The molecule has 1 amide bonds. The van der Waals surface area contributed by atoms with Crippen molar-refractivity contribution in [2.45, 2.75) is 77.3 Å². The summed E-state index contributed by atoms with van der Waals surface area (Å²) in [5.74, 6) is -0.648. The van der Waals surface area contributed by atoms with Crippen molar-refractivity contribution >= 4 is 17.6 Å². The number of aliphatic carboxylic acids is 1. The molecule has 2 aliphatic heterocycles. The summed E-state index contributed by atoms with van der Waals surface area (Å²) in [6.07, 6.45) is 7.70. The summed E-state index contributed by atoms with van der Waals surface area (Å²) in [7, 11) is 0. The van der Waals surface area contributed by atoms with Gasteiger partial charge in [0.2, 0.25) is 12.7 Å². The largest absolute Gasteiger partial charge is 0.481 e. The van der Waals surface area contributed by atoms with Crippen LogP contribution in [0.1, 0.15) is 68.8 Å². The number of carbonyl (C=O) groups excluding carboxylic acids is 1. The van der Waals surface area contributed by atoms with Crippen molar-refractivity contribution in [2.24, 2.45) is 5.92 Å². The Balaban J connectivity index is 1.49. The van der Waals surface area contributed by atoms with Crippen molar-refractivity contribution in [1.82, 2.24) is 14.9 Å². The molecule has 3 heterocycles.